The molecule has 0 fully saturated rings. The summed E-state index contributed by atoms with van der Waals surface area (Å²) in [5, 5.41) is 13.9. The van der Waals surface area contributed by atoms with Crippen LogP contribution < -0.4 is 21.1 Å². The van der Waals surface area contributed by atoms with Crippen molar-refractivity contribution in [1.29, 1.82) is 0 Å². The first-order valence-corrected chi connectivity index (χ1v) is 11.7. The third-order valence-electron chi connectivity index (χ3n) is 5.16. The summed E-state index contributed by atoms with van der Waals surface area (Å²) in [4.78, 5) is 33.7. The van der Waals surface area contributed by atoms with Crippen molar-refractivity contribution in [3.8, 4) is 5.75 Å². The smallest absolute Gasteiger partial charge is 0.475 e. The standard InChI is InChI=1S/C24H29N3O3.C2HF3O2/c25-12-5-15-26-13-3-4-14-27-17-18-8-10-19(11-9-18)30-23-16-22(28)20-6-1-2-7-21(20)24(23)29;3-2(4,5)1(6)7/h1-2,6-11,16,26-27H,3-5,12-15,17,25H2;(H,6,7). The van der Waals surface area contributed by atoms with E-state index in [1.165, 1.54) is 6.08 Å². The van der Waals surface area contributed by atoms with Gasteiger partial charge in [0.05, 0.1) is 0 Å². The van der Waals surface area contributed by atoms with Gasteiger partial charge in [-0.1, -0.05) is 36.4 Å². The molecule has 0 bridgehead atoms. The Morgan fingerprint density at radius 1 is 0.892 bits per heavy atom. The van der Waals surface area contributed by atoms with Crippen LogP contribution in [-0.2, 0) is 11.3 Å². The molecule has 0 heterocycles. The number of rotatable bonds is 12. The highest BCUT2D eigenvalue weighted by Gasteiger charge is 2.38. The van der Waals surface area contributed by atoms with Crippen LogP contribution in [0.4, 0.5) is 13.2 Å². The number of fused-ring (bicyclic) bond motifs is 1. The molecule has 1 aliphatic rings. The van der Waals surface area contributed by atoms with Crippen molar-refractivity contribution in [3.63, 3.8) is 0 Å². The minimum absolute atomic E-state index is 0.0599. The Bertz CT molecular complexity index is 1090. The topological polar surface area (TPSA) is 131 Å². The molecule has 200 valence electrons. The number of carbonyl (C=O) groups is 3. The predicted molar refractivity (Wildman–Crippen MR) is 131 cm³/mol. The van der Waals surface area contributed by atoms with E-state index >= 15 is 0 Å². The largest absolute Gasteiger partial charge is 0.490 e. The maximum absolute atomic E-state index is 12.6. The first-order valence-electron chi connectivity index (χ1n) is 11.7. The first-order chi connectivity index (χ1) is 17.6. The summed E-state index contributed by atoms with van der Waals surface area (Å²) < 4.78 is 37.4. The number of carboxylic acid groups (broad SMARTS) is 1. The van der Waals surface area contributed by atoms with Crippen LogP contribution in [0.25, 0.3) is 0 Å². The summed E-state index contributed by atoms with van der Waals surface area (Å²) in [7, 11) is 0. The number of halogens is 3. The molecule has 0 saturated heterocycles. The van der Waals surface area contributed by atoms with E-state index in [4.69, 9.17) is 20.4 Å². The molecule has 0 radical (unpaired) electrons. The molecule has 0 aliphatic heterocycles. The number of nitrogens with two attached hydrogens (primary N) is 1. The number of ketones is 2. The molecule has 0 atom stereocenters. The quantitative estimate of drug-likeness (QED) is 0.313. The highest BCUT2D eigenvalue weighted by atomic mass is 19.4. The Labute approximate surface area is 212 Å². The third-order valence-corrected chi connectivity index (χ3v) is 5.16. The Morgan fingerprint density at radius 2 is 1.46 bits per heavy atom. The lowest BCUT2D eigenvalue weighted by atomic mass is 9.94. The molecular weight excluding hydrogens is 491 g/mol. The van der Waals surface area contributed by atoms with E-state index in [1.807, 2.05) is 24.3 Å². The molecule has 11 heteroatoms. The van der Waals surface area contributed by atoms with Crippen LogP contribution in [0.5, 0.6) is 5.75 Å². The van der Waals surface area contributed by atoms with Crippen molar-refractivity contribution in [2.45, 2.75) is 32.0 Å². The molecule has 5 N–H and O–H groups in total. The molecule has 37 heavy (non-hydrogen) atoms. The number of hydrogen-bond donors (Lipinski definition) is 4. The highest BCUT2D eigenvalue weighted by molar-refractivity contribution is 6.23. The fraction of sp³-hybridized carbons (Fsp3) is 0.346. The number of Topliss-reactive ketones (excluding diaryl/α,β-unsaturated/α-hetero) is 1. The SMILES string of the molecule is NCCCNCCCCNCc1ccc(OC2=CC(=O)c3ccccc3C2=O)cc1.O=C(O)C(F)(F)F. The van der Waals surface area contributed by atoms with Crippen LogP contribution in [0.1, 0.15) is 45.5 Å². The monoisotopic (exact) mass is 521 g/mol. The number of carboxylic acids is 1. The minimum atomic E-state index is -5.08. The van der Waals surface area contributed by atoms with Gasteiger partial charge in [-0.3, -0.25) is 9.59 Å². The zero-order valence-corrected chi connectivity index (χ0v) is 20.1. The fourth-order valence-electron chi connectivity index (χ4n) is 3.25. The van der Waals surface area contributed by atoms with E-state index in [1.54, 1.807) is 24.3 Å². The molecule has 1 aliphatic carbocycles. The summed E-state index contributed by atoms with van der Waals surface area (Å²) in [5.74, 6) is -2.64. The second kappa shape index (κ2) is 14.9. The zero-order chi connectivity index (χ0) is 27.3. The third kappa shape index (κ3) is 10.2. The first kappa shape index (κ1) is 29.7. The number of unbranched alkanes of at least 4 members (excludes halogenated alkanes) is 1. The van der Waals surface area contributed by atoms with Crippen LogP contribution >= 0.6 is 0 Å². The lowest BCUT2D eigenvalue weighted by Gasteiger charge is -2.15. The Kier molecular flexibility index (Phi) is 11.9. The van der Waals surface area contributed by atoms with Crippen molar-refractivity contribution >= 4 is 17.5 Å². The minimum Gasteiger partial charge on any atom is -0.475 e. The van der Waals surface area contributed by atoms with Crippen LogP contribution in [0.3, 0.4) is 0 Å². The van der Waals surface area contributed by atoms with Gasteiger partial charge in [-0.25, -0.2) is 4.79 Å². The predicted octanol–water partition coefficient (Wildman–Crippen LogP) is 3.47. The fourth-order valence-corrected chi connectivity index (χ4v) is 3.25. The number of hydrogen-bond acceptors (Lipinski definition) is 7. The average Bonchev–Trinajstić information content (AvgIpc) is 2.87. The van der Waals surface area contributed by atoms with Gasteiger partial charge in [-0.2, -0.15) is 13.2 Å². The van der Waals surface area contributed by atoms with Crippen molar-refractivity contribution < 1.29 is 37.4 Å². The van der Waals surface area contributed by atoms with Gasteiger partial charge in [0.1, 0.15) is 5.75 Å². The van der Waals surface area contributed by atoms with Crippen LogP contribution in [0, 0.1) is 0 Å². The van der Waals surface area contributed by atoms with E-state index in [2.05, 4.69) is 10.6 Å². The maximum atomic E-state index is 12.6. The molecule has 0 saturated carbocycles. The number of aliphatic carboxylic acids is 1. The summed E-state index contributed by atoms with van der Waals surface area (Å²) in [6.07, 6.45) is -0.546. The number of carbonyl (C=O) groups excluding carboxylic acids is 2. The van der Waals surface area contributed by atoms with Crippen molar-refractivity contribution in [2.75, 3.05) is 26.2 Å². The lowest BCUT2D eigenvalue weighted by Crippen LogP contribution is -2.21. The van der Waals surface area contributed by atoms with Gasteiger partial charge in [-0.15, -0.1) is 0 Å². The lowest BCUT2D eigenvalue weighted by molar-refractivity contribution is -0.192. The van der Waals surface area contributed by atoms with Gasteiger partial charge in [-0.05, 0) is 63.1 Å². The second-order valence-corrected chi connectivity index (χ2v) is 8.07. The summed E-state index contributed by atoms with van der Waals surface area (Å²) >= 11 is 0. The second-order valence-electron chi connectivity index (χ2n) is 8.07. The molecule has 0 amide bonds. The molecule has 2 aromatic rings. The van der Waals surface area contributed by atoms with Gasteiger partial charge < -0.3 is 26.2 Å². The Balaban J connectivity index is 0.000000604. The number of benzene rings is 2. The normalized spacial score (nSPS) is 12.8. The van der Waals surface area contributed by atoms with Gasteiger partial charge in [0.2, 0.25) is 5.78 Å². The summed E-state index contributed by atoms with van der Waals surface area (Å²) in [6, 6.07) is 14.3. The van der Waals surface area contributed by atoms with E-state index in [0.29, 0.717) is 16.9 Å². The van der Waals surface area contributed by atoms with Gasteiger partial charge in [0.25, 0.3) is 0 Å². The highest BCUT2D eigenvalue weighted by Crippen LogP contribution is 2.24. The molecule has 0 aromatic heterocycles. The summed E-state index contributed by atoms with van der Waals surface area (Å²) in [6.45, 7) is 4.48. The number of nitrogens with one attached hydrogen (secondary N) is 2. The molecule has 2 aromatic carbocycles. The van der Waals surface area contributed by atoms with Gasteiger partial charge in [0, 0.05) is 23.7 Å². The van der Waals surface area contributed by atoms with Crippen LogP contribution in [0.15, 0.2) is 60.4 Å². The zero-order valence-electron chi connectivity index (χ0n) is 20.1. The van der Waals surface area contributed by atoms with E-state index < -0.39 is 12.1 Å². The average molecular weight is 522 g/mol. The van der Waals surface area contributed by atoms with Crippen LogP contribution in [-0.4, -0.2) is 55.0 Å². The molecule has 8 nitrogen and oxygen atoms in total. The number of ether oxygens (including phenoxy) is 1. The molecule has 0 unspecified atom stereocenters. The number of allylic oxidation sites excluding steroid dienone is 2. The van der Waals surface area contributed by atoms with Crippen molar-refractivity contribution in [2.24, 2.45) is 5.73 Å². The molecule has 0 spiro atoms. The van der Waals surface area contributed by atoms with Crippen molar-refractivity contribution in [1.82, 2.24) is 10.6 Å². The number of alkyl halides is 3. The molecule has 3 rings (SSSR count). The molecular formula is C26H30F3N3O5. The van der Waals surface area contributed by atoms with E-state index in [-0.39, 0.29) is 17.3 Å². The van der Waals surface area contributed by atoms with E-state index in [0.717, 1.165) is 57.5 Å². The van der Waals surface area contributed by atoms with E-state index in [9.17, 15) is 22.8 Å². The Morgan fingerprint density at radius 3 is 2.05 bits per heavy atom. The Hall–Kier alpha value is -3.54. The van der Waals surface area contributed by atoms with Crippen LogP contribution in [0.2, 0.25) is 0 Å². The van der Waals surface area contributed by atoms with Gasteiger partial charge >= 0.3 is 12.1 Å². The maximum Gasteiger partial charge on any atom is 0.490 e. The van der Waals surface area contributed by atoms with Gasteiger partial charge in [0.15, 0.2) is 11.5 Å². The summed E-state index contributed by atoms with van der Waals surface area (Å²) in [5.41, 5.74) is 7.40. The van der Waals surface area contributed by atoms with Crippen molar-refractivity contribution in [3.05, 3.63) is 77.1 Å².